The topological polar surface area (TPSA) is 91.1 Å². The number of hydrogen-bond acceptors (Lipinski definition) is 5. The van der Waals surface area contributed by atoms with Gasteiger partial charge in [0.25, 0.3) is 11.8 Å². The van der Waals surface area contributed by atoms with E-state index in [2.05, 4.69) is 0 Å². The van der Waals surface area contributed by atoms with Crippen molar-refractivity contribution in [1.82, 2.24) is 4.90 Å². The van der Waals surface area contributed by atoms with Crippen LogP contribution in [-0.4, -0.2) is 56.2 Å². The summed E-state index contributed by atoms with van der Waals surface area (Å²) >= 11 is 6.30. The van der Waals surface area contributed by atoms with E-state index in [1.54, 1.807) is 19.2 Å². The van der Waals surface area contributed by atoms with Crippen LogP contribution in [0.3, 0.4) is 0 Å². The highest BCUT2D eigenvalue weighted by atomic mass is 35.5. The molecule has 2 amide bonds. The van der Waals surface area contributed by atoms with E-state index in [1.165, 1.54) is 7.11 Å². The maximum atomic E-state index is 13.3. The Balaban J connectivity index is 1.61. The lowest BCUT2D eigenvalue weighted by Crippen LogP contribution is -2.44. The molecule has 2 bridgehead atoms. The number of ether oxygens (including phenoxy) is 3. The molecule has 1 aliphatic heterocycles. The van der Waals surface area contributed by atoms with Gasteiger partial charge in [0.05, 0.1) is 24.3 Å². The van der Waals surface area contributed by atoms with E-state index in [4.69, 9.17) is 31.5 Å². The van der Waals surface area contributed by atoms with Crippen LogP contribution in [0.15, 0.2) is 12.1 Å². The fourth-order valence-electron chi connectivity index (χ4n) is 5.25. The molecular formula is C19H23ClN2O5. The van der Waals surface area contributed by atoms with Gasteiger partial charge in [0.2, 0.25) is 0 Å². The standard InChI is InChI=1S/C19H23ClN2O5/c1-25-14-6-10(5-13(20)18(14)27-8-15(21)23)19(24)22-7-11-3-9-4-12(11)16(22)17(9)26-2/h5-6,9,11-12,16-17H,3-4,7-8H2,1-2H3,(H2,21,23). The van der Waals surface area contributed by atoms with Crippen LogP contribution in [0.4, 0.5) is 0 Å². The van der Waals surface area contributed by atoms with Gasteiger partial charge in [0, 0.05) is 19.2 Å². The lowest BCUT2D eigenvalue weighted by Gasteiger charge is -2.31. The molecule has 4 rings (SSSR count). The summed E-state index contributed by atoms with van der Waals surface area (Å²) < 4.78 is 16.4. The molecule has 2 saturated carbocycles. The van der Waals surface area contributed by atoms with Crippen molar-refractivity contribution in [2.45, 2.75) is 25.0 Å². The molecule has 1 heterocycles. The second kappa shape index (κ2) is 6.87. The Bertz CT molecular complexity index is 784. The van der Waals surface area contributed by atoms with Crippen LogP contribution in [0.1, 0.15) is 23.2 Å². The summed E-state index contributed by atoms with van der Waals surface area (Å²) in [5.74, 6) is 1.43. The third-order valence-electron chi connectivity index (χ3n) is 6.19. The predicted octanol–water partition coefficient (Wildman–Crippen LogP) is 1.71. The maximum absolute atomic E-state index is 13.3. The summed E-state index contributed by atoms with van der Waals surface area (Å²) in [5.41, 5.74) is 5.55. The molecule has 0 radical (unpaired) electrons. The quantitative estimate of drug-likeness (QED) is 0.793. The van der Waals surface area contributed by atoms with Gasteiger partial charge in [-0.15, -0.1) is 0 Å². The third-order valence-corrected chi connectivity index (χ3v) is 6.47. The fourth-order valence-corrected chi connectivity index (χ4v) is 5.51. The zero-order chi connectivity index (χ0) is 19.3. The van der Waals surface area contributed by atoms with E-state index in [0.717, 1.165) is 19.4 Å². The Morgan fingerprint density at radius 1 is 1.26 bits per heavy atom. The minimum absolute atomic E-state index is 0.0845. The Kier molecular flexibility index (Phi) is 4.68. The van der Waals surface area contributed by atoms with Gasteiger partial charge >= 0.3 is 0 Å². The number of nitrogens with zero attached hydrogens (tertiary/aromatic N) is 1. The normalized spacial score (nSPS) is 30.6. The molecule has 1 aromatic rings. The number of hydrogen-bond donors (Lipinski definition) is 1. The lowest BCUT2D eigenvalue weighted by atomic mass is 9.88. The molecule has 1 aromatic carbocycles. The largest absolute Gasteiger partial charge is 0.493 e. The summed E-state index contributed by atoms with van der Waals surface area (Å²) in [6.45, 7) is 0.433. The van der Waals surface area contributed by atoms with Crippen LogP contribution >= 0.6 is 11.6 Å². The van der Waals surface area contributed by atoms with Crippen molar-refractivity contribution in [2.75, 3.05) is 27.4 Å². The summed E-state index contributed by atoms with van der Waals surface area (Å²) in [6, 6.07) is 3.28. The number of halogens is 1. The highest BCUT2D eigenvalue weighted by molar-refractivity contribution is 6.32. The Morgan fingerprint density at radius 2 is 2.04 bits per heavy atom. The lowest BCUT2D eigenvalue weighted by molar-refractivity contribution is -0.119. The van der Waals surface area contributed by atoms with Gasteiger partial charge in [-0.1, -0.05) is 11.6 Å². The van der Waals surface area contributed by atoms with Crippen molar-refractivity contribution >= 4 is 23.4 Å². The van der Waals surface area contributed by atoms with Gasteiger partial charge in [-0.25, -0.2) is 0 Å². The smallest absolute Gasteiger partial charge is 0.255 e. The summed E-state index contributed by atoms with van der Waals surface area (Å²) in [7, 11) is 3.18. The second-order valence-electron chi connectivity index (χ2n) is 7.55. The molecule has 0 aromatic heterocycles. The summed E-state index contributed by atoms with van der Waals surface area (Å²) in [6.07, 6.45) is 2.38. The first-order valence-corrected chi connectivity index (χ1v) is 9.44. The molecule has 5 atom stereocenters. The van der Waals surface area contributed by atoms with Crippen molar-refractivity contribution in [3.05, 3.63) is 22.7 Å². The third kappa shape index (κ3) is 2.93. The van der Waals surface area contributed by atoms with Crippen LogP contribution in [-0.2, 0) is 9.53 Å². The van der Waals surface area contributed by atoms with Crippen LogP contribution in [0.5, 0.6) is 11.5 Å². The Hall–Kier alpha value is -1.99. The van der Waals surface area contributed by atoms with Crippen molar-refractivity contribution < 1.29 is 23.8 Å². The molecule has 7 nitrogen and oxygen atoms in total. The van der Waals surface area contributed by atoms with Crippen LogP contribution in [0.25, 0.3) is 0 Å². The number of carbonyl (C=O) groups excluding carboxylic acids is 2. The highest BCUT2D eigenvalue weighted by Gasteiger charge is 2.60. The number of likely N-dealkylation sites (tertiary alicyclic amines) is 1. The minimum atomic E-state index is -0.623. The number of benzene rings is 1. The number of nitrogens with two attached hydrogens (primary N) is 1. The van der Waals surface area contributed by atoms with E-state index in [0.29, 0.717) is 29.1 Å². The molecule has 5 unspecified atom stereocenters. The van der Waals surface area contributed by atoms with E-state index >= 15 is 0 Å². The van der Waals surface area contributed by atoms with E-state index in [-0.39, 0.29) is 35.4 Å². The second-order valence-corrected chi connectivity index (χ2v) is 7.96. The number of carbonyl (C=O) groups is 2. The molecular weight excluding hydrogens is 372 g/mol. The van der Waals surface area contributed by atoms with Gasteiger partial charge in [-0.3, -0.25) is 9.59 Å². The summed E-state index contributed by atoms with van der Waals surface area (Å²) in [4.78, 5) is 26.2. The molecule has 1 saturated heterocycles. The van der Waals surface area contributed by atoms with Gasteiger partial charge < -0.3 is 24.8 Å². The zero-order valence-corrected chi connectivity index (χ0v) is 16.1. The van der Waals surface area contributed by atoms with Crippen molar-refractivity contribution in [1.29, 1.82) is 0 Å². The molecule has 146 valence electrons. The predicted molar refractivity (Wildman–Crippen MR) is 98.0 cm³/mol. The Morgan fingerprint density at radius 3 is 2.70 bits per heavy atom. The first-order valence-electron chi connectivity index (χ1n) is 9.07. The van der Waals surface area contributed by atoms with E-state index in [1.807, 2.05) is 4.90 Å². The first-order chi connectivity index (χ1) is 12.9. The molecule has 3 fully saturated rings. The molecule has 8 heteroatoms. The van der Waals surface area contributed by atoms with Crippen molar-refractivity contribution in [3.63, 3.8) is 0 Å². The zero-order valence-electron chi connectivity index (χ0n) is 15.3. The van der Waals surface area contributed by atoms with Gasteiger partial charge in [-0.05, 0) is 42.7 Å². The molecule has 2 N–H and O–H groups in total. The maximum Gasteiger partial charge on any atom is 0.255 e. The monoisotopic (exact) mass is 394 g/mol. The van der Waals surface area contributed by atoms with E-state index < -0.39 is 5.91 Å². The molecule has 0 spiro atoms. The van der Waals surface area contributed by atoms with Gasteiger partial charge in [0.15, 0.2) is 18.1 Å². The number of amides is 2. The number of fused-ring (bicyclic) bond motifs is 1. The van der Waals surface area contributed by atoms with Crippen LogP contribution in [0.2, 0.25) is 5.02 Å². The van der Waals surface area contributed by atoms with Gasteiger partial charge in [0.1, 0.15) is 0 Å². The average Bonchev–Trinajstić information content (AvgIpc) is 3.26. The van der Waals surface area contributed by atoms with E-state index in [9.17, 15) is 9.59 Å². The highest BCUT2D eigenvalue weighted by Crippen LogP contribution is 2.56. The SMILES string of the molecule is COc1cc(C(=O)N2CC3CC4CC3C2C4OC)cc(Cl)c1OCC(N)=O. The average molecular weight is 395 g/mol. The van der Waals surface area contributed by atoms with Crippen molar-refractivity contribution in [3.8, 4) is 11.5 Å². The number of methoxy groups -OCH3 is 2. The minimum Gasteiger partial charge on any atom is -0.493 e. The number of rotatable bonds is 6. The van der Waals surface area contributed by atoms with Gasteiger partial charge in [-0.2, -0.15) is 0 Å². The fraction of sp³-hybridized carbons (Fsp3) is 0.579. The first kappa shape index (κ1) is 18.4. The molecule has 27 heavy (non-hydrogen) atoms. The molecule has 2 aliphatic carbocycles. The number of primary amides is 1. The Labute approximate surface area is 162 Å². The van der Waals surface area contributed by atoms with Crippen LogP contribution in [0, 0.1) is 17.8 Å². The van der Waals surface area contributed by atoms with Crippen molar-refractivity contribution in [2.24, 2.45) is 23.5 Å². The van der Waals surface area contributed by atoms with Crippen LogP contribution < -0.4 is 15.2 Å². The molecule has 3 aliphatic rings. The summed E-state index contributed by atoms with van der Waals surface area (Å²) in [5, 5.41) is 0.203.